The molecule has 108 valence electrons. The van der Waals surface area contributed by atoms with Gasteiger partial charge in [-0.3, -0.25) is 14.7 Å². The first kappa shape index (κ1) is 14.7. The van der Waals surface area contributed by atoms with Crippen LogP contribution in [0.4, 0.5) is 13.2 Å². The summed E-state index contributed by atoms with van der Waals surface area (Å²) in [4.78, 5) is 16.3. The SMILES string of the molecule is CC1=CCCN(Cc2cnc(C=O)c(C(F)(F)F)c2)C1. The lowest BCUT2D eigenvalue weighted by molar-refractivity contribution is -0.138. The van der Waals surface area contributed by atoms with Gasteiger partial charge >= 0.3 is 6.18 Å². The molecule has 2 rings (SSSR count). The summed E-state index contributed by atoms with van der Waals surface area (Å²) in [6.07, 6.45) is -0.0484. The summed E-state index contributed by atoms with van der Waals surface area (Å²) >= 11 is 0. The number of halogens is 3. The molecule has 0 saturated heterocycles. The molecule has 2 heterocycles. The fourth-order valence-electron chi connectivity index (χ4n) is 2.31. The summed E-state index contributed by atoms with van der Waals surface area (Å²) in [5.74, 6) is 0. The maximum atomic E-state index is 12.8. The number of rotatable bonds is 3. The van der Waals surface area contributed by atoms with Gasteiger partial charge in [-0.05, 0) is 25.0 Å². The number of nitrogens with zero attached hydrogens (tertiary/aromatic N) is 2. The first-order valence-electron chi connectivity index (χ1n) is 6.29. The Hall–Kier alpha value is -1.69. The highest BCUT2D eigenvalue weighted by atomic mass is 19.4. The van der Waals surface area contributed by atoms with Gasteiger partial charge in [-0.2, -0.15) is 13.2 Å². The van der Waals surface area contributed by atoms with E-state index in [0.717, 1.165) is 25.6 Å². The lowest BCUT2D eigenvalue weighted by Gasteiger charge is -2.26. The molecule has 6 heteroatoms. The van der Waals surface area contributed by atoms with Crippen LogP contribution in [-0.4, -0.2) is 29.3 Å². The molecule has 0 radical (unpaired) electrons. The van der Waals surface area contributed by atoms with E-state index in [9.17, 15) is 18.0 Å². The zero-order valence-corrected chi connectivity index (χ0v) is 11.1. The molecule has 1 aliphatic heterocycles. The van der Waals surface area contributed by atoms with Crippen LogP contribution in [0.25, 0.3) is 0 Å². The Morgan fingerprint density at radius 2 is 2.20 bits per heavy atom. The number of alkyl halides is 3. The van der Waals surface area contributed by atoms with Gasteiger partial charge in [-0.1, -0.05) is 11.6 Å². The molecule has 0 saturated carbocycles. The highest BCUT2D eigenvalue weighted by molar-refractivity contribution is 5.74. The molecule has 0 atom stereocenters. The Bertz CT molecular complexity index is 538. The number of aromatic nitrogens is 1. The van der Waals surface area contributed by atoms with Gasteiger partial charge in [0.1, 0.15) is 5.69 Å². The van der Waals surface area contributed by atoms with Crippen LogP contribution in [0.2, 0.25) is 0 Å². The van der Waals surface area contributed by atoms with E-state index < -0.39 is 17.4 Å². The molecule has 0 aliphatic carbocycles. The number of carbonyl (C=O) groups excluding carboxylic acids is 1. The lowest BCUT2D eigenvalue weighted by Crippen LogP contribution is -2.29. The maximum Gasteiger partial charge on any atom is 0.418 e. The van der Waals surface area contributed by atoms with Crippen LogP contribution in [-0.2, 0) is 12.7 Å². The topological polar surface area (TPSA) is 33.2 Å². The predicted octanol–water partition coefficient (Wildman–Crippen LogP) is 3.06. The van der Waals surface area contributed by atoms with Crippen LogP contribution in [0.1, 0.15) is 35.0 Å². The first-order valence-corrected chi connectivity index (χ1v) is 6.29. The molecule has 0 aromatic carbocycles. The molecular formula is C14H15F3N2O. The summed E-state index contributed by atoms with van der Waals surface area (Å²) in [5, 5.41) is 0. The van der Waals surface area contributed by atoms with Crippen molar-refractivity contribution in [3.8, 4) is 0 Å². The van der Waals surface area contributed by atoms with E-state index in [0.29, 0.717) is 12.1 Å². The molecule has 0 N–H and O–H groups in total. The summed E-state index contributed by atoms with van der Waals surface area (Å²) < 4.78 is 38.5. The monoisotopic (exact) mass is 284 g/mol. The third-order valence-electron chi connectivity index (χ3n) is 3.21. The largest absolute Gasteiger partial charge is 0.418 e. The van der Waals surface area contributed by atoms with Crippen molar-refractivity contribution >= 4 is 6.29 Å². The van der Waals surface area contributed by atoms with Crippen LogP contribution < -0.4 is 0 Å². The van der Waals surface area contributed by atoms with Gasteiger partial charge in [0.25, 0.3) is 0 Å². The Labute approximate surface area is 115 Å². The van der Waals surface area contributed by atoms with E-state index in [1.54, 1.807) is 0 Å². The third kappa shape index (κ3) is 3.45. The van der Waals surface area contributed by atoms with Crippen LogP contribution in [0.5, 0.6) is 0 Å². The molecule has 0 amide bonds. The Morgan fingerprint density at radius 3 is 2.80 bits per heavy atom. The number of aldehydes is 1. The maximum absolute atomic E-state index is 12.8. The Balaban J connectivity index is 2.21. The van der Waals surface area contributed by atoms with Crippen LogP contribution in [0.3, 0.4) is 0 Å². The van der Waals surface area contributed by atoms with Crippen molar-refractivity contribution in [2.75, 3.05) is 13.1 Å². The van der Waals surface area contributed by atoms with Gasteiger partial charge in [0.2, 0.25) is 0 Å². The summed E-state index contributed by atoms with van der Waals surface area (Å²) in [6.45, 7) is 3.96. The second kappa shape index (κ2) is 5.75. The normalized spacial score (nSPS) is 16.9. The minimum atomic E-state index is -4.56. The highest BCUT2D eigenvalue weighted by Gasteiger charge is 2.34. The predicted molar refractivity (Wildman–Crippen MR) is 68.3 cm³/mol. The Morgan fingerprint density at radius 1 is 1.45 bits per heavy atom. The van der Waals surface area contributed by atoms with Crippen molar-refractivity contribution in [2.45, 2.75) is 26.1 Å². The van der Waals surface area contributed by atoms with Crippen molar-refractivity contribution < 1.29 is 18.0 Å². The third-order valence-corrected chi connectivity index (χ3v) is 3.21. The lowest BCUT2D eigenvalue weighted by atomic mass is 10.1. The van der Waals surface area contributed by atoms with Crippen molar-refractivity contribution in [3.63, 3.8) is 0 Å². The first-order chi connectivity index (χ1) is 9.40. The highest BCUT2D eigenvalue weighted by Crippen LogP contribution is 2.31. The number of hydrogen-bond acceptors (Lipinski definition) is 3. The Kier molecular flexibility index (Phi) is 4.23. The van der Waals surface area contributed by atoms with E-state index in [4.69, 9.17) is 0 Å². The average molecular weight is 284 g/mol. The molecule has 1 aromatic heterocycles. The molecule has 0 spiro atoms. The van der Waals surface area contributed by atoms with Gasteiger partial charge in [-0.15, -0.1) is 0 Å². The van der Waals surface area contributed by atoms with E-state index in [-0.39, 0.29) is 6.29 Å². The fourth-order valence-corrected chi connectivity index (χ4v) is 2.31. The summed E-state index contributed by atoms with van der Waals surface area (Å²) in [5.41, 5.74) is 0.160. The van der Waals surface area contributed by atoms with Crippen molar-refractivity contribution in [1.82, 2.24) is 9.88 Å². The zero-order valence-electron chi connectivity index (χ0n) is 11.1. The van der Waals surface area contributed by atoms with Crippen molar-refractivity contribution in [3.05, 3.63) is 40.7 Å². The molecule has 3 nitrogen and oxygen atoms in total. The van der Waals surface area contributed by atoms with Crippen LogP contribution >= 0.6 is 0 Å². The molecule has 0 unspecified atom stereocenters. The number of carbonyl (C=O) groups is 1. The fraction of sp³-hybridized carbons (Fsp3) is 0.429. The van der Waals surface area contributed by atoms with E-state index in [2.05, 4.69) is 16.0 Å². The minimum Gasteiger partial charge on any atom is -0.296 e. The van der Waals surface area contributed by atoms with Gasteiger partial charge in [0, 0.05) is 25.8 Å². The minimum absolute atomic E-state index is 0.139. The van der Waals surface area contributed by atoms with Crippen molar-refractivity contribution in [1.29, 1.82) is 0 Å². The number of hydrogen-bond donors (Lipinski definition) is 0. The second-order valence-electron chi connectivity index (χ2n) is 4.94. The van der Waals surface area contributed by atoms with Gasteiger partial charge < -0.3 is 0 Å². The standard InChI is InChI=1S/C14H15F3N2O/c1-10-3-2-4-19(7-10)8-11-5-12(14(15,16)17)13(9-20)18-6-11/h3,5-6,9H,2,4,7-8H2,1H3. The molecule has 0 bridgehead atoms. The van der Waals surface area contributed by atoms with E-state index >= 15 is 0 Å². The van der Waals surface area contributed by atoms with E-state index in [1.807, 2.05) is 6.92 Å². The summed E-state index contributed by atoms with van der Waals surface area (Å²) in [6, 6.07) is 1.02. The van der Waals surface area contributed by atoms with Gasteiger partial charge in [0.15, 0.2) is 6.29 Å². The molecule has 1 aliphatic rings. The van der Waals surface area contributed by atoms with E-state index in [1.165, 1.54) is 11.8 Å². The molecule has 0 fully saturated rings. The van der Waals surface area contributed by atoms with Gasteiger partial charge in [0.05, 0.1) is 5.56 Å². The van der Waals surface area contributed by atoms with Crippen LogP contribution in [0.15, 0.2) is 23.9 Å². The van der Waals surface area contributed by atoms with Crippen LogP contribution in [0, 0.1) is 0 Å². The van der Waals surface area contributed by atoms with Gasteiger partial charge in [-0.25, -0.2) is 0 Å². The average Bonchev–Trinajstić information content (AvgIpc) is 2.37. The second-order valence-corrected chi connectivity index (χ2v) is 4.94. The summed E-state index contributed by atoms with van der Waals surface area (Å²) in [7, 11) is 0. The molecular weight excluding hydrogens is 269 g/mol. The quantitative estimate of drug-likeness (QED) is 0.632. The zero-order chi connectivity index (χ0) is 14.8. The number of pyridine rings is 1. The smallest absolute Gasteiger partial charge is 0.296 e. The molecule has 1 aromatic rings. The van der Waals surface area contributed by atoms with Crippen molar-refractivity contribution in [2.24, 2.45) is 0 Å². The molecule has 20 heavy (non-hydrogen) atoms.